The van der Waals surface area contributed by atoms with Gasteiger partial charge in [0.2, 0.25) is 11.2 Å². The monoisotopic (exact) mass is 460 g/mol. The Morgan fingerprint density at radius 3 is 2.48 bits per heavy atom. The highest BCUT2D eigenvalue weighted by atomic mass is 79.9. The summed E-state index contributed by atoms with van der Waals surface area (Å²) in [5.41, 5.74) is 0.698. The van der Waals surface area contributed by atoms with Crippen LogP contribution in [0, 0.1) is 5.82 Å². The third kappa shape index (κ3) is 6.95. The first-order valence-corrected chi connectivity index (χ1v) is 10.4. The summed E-state index contributed by atoms with van der Waals surface area (Å²) < 4.78 is 35.5. The van der Waals surface area contributed by atoms with Crippen molar-refractivity contribution in [3.63, 3.8) is 0 Å². The molecule has 1 saturated heterocycles. The molecule has 0 aliphatic carbocycles. The Bertz CT molecular complexity index is 723. The number of carbonyl (C=O) groups excluding carboxylic acids is 1. The summed E-state index contributed by atoms with van der Waals surface area (Å²) in [6.45, 7) is 15.2. The van der Waals surface area contributed by atoms with Crippen LogP contribution in [-0.2, 0) is 16.0 Å². The van der Waals surface area contributed by atoms with Gasteiger partial charge in [-0.25, -0.2) is 8.60 Å². The van der Waals surface area contributed by atoms with Crippen LogP contribution in [0.15, 0.2) is 53.6 Å². The molecule has 1 amide bonds. The Labute approximate surface area is 171 Å². The molecule has 8 heteroatoms. The molecular formula is C19H26BrFN2O3S. The Morgan fingerprint density at radius 2 is 2.00 bits per heavy atom. The van der Waals surface area contributed by atoms with Crippen LogP contribution in [0.25, 0.3) is 0 Å². The summed E-state index contributed by atoms with van der Waals surface area (Å²) in [4.78, 5) is 11.4. The molecule has 0 aromatic heterocycles. The van der Waals surface area contributed by atoms with Gasteiger partial charge in [0.25, 0.3) is 5.91 Å². The smallest absolute Gasteiger partial charge is 0.253 e. The number of benzene rings is 1. The largest absolute Gasteiger partial charge is 0.487 e. The Balaban J connectivity index is 0.00000158. The van der Waals surface area contributed by atoms with E-state index in [0.717, 1.165) is 9.88 Å². The molecule has 1 fully saturated rings. The second-order valence-electron chi connectivity index (χ2n) is 4.49. The normalized spacial score (nSPS) is 15.6. The maximum absolute atomic E-state index is 14.5. The molecule has 0 bridgehead atoms. The van der Waals surface area contributed by atoms with Gasteiger partial charge < -0.3 is 4.74 Å². The van der Waals surface area contributed by atoms with Crippen LogP contribution < -0.4 is 13.8 Å². The van der Waals surface area contributed by atoms with Gasteiger partial charge in [-0.1, -0.05) is 59.1 Å². The summed E-state index contributed by atoms with van der Waals surface area (Å²) >= 11 is 1.23. The molecule has 1 aromatic rings. The van der Waals surface area contributed by atoms with Crippen LogP contribution in [0.4, 0.5) is 10.1 Å². The molecule has 150 valence electrons. The number of nitrogens with one attached hydrogen (secondary N) is 1. The molecule has 1 atom stereocenters. The topological polar surface area (TPSA) is 58.6 Å². The van der Waals surface area contributed by atoms with Gasteiger partial charge in [-0.05, 0) is 33.6 Å². The number of rotatable bonds is 6. The fourth-order valence-corrected chi connectivity index (χ4v) is 3.15. The van der Waals surface area contributed by atoms with Gasteiger partial charge in [0.15, 0.2) is 5.82 Å². The van der Waals surface area contributed by atoms with E-state index in [1.807, 2.05) is 27.7 Å². The molecular weight excluding hydrogens is 435 g/mol. The number of anilines is 1. The molecule has 5 nitrogen and oxygen atoms in total. The van der Waals surface area contributed by atoms with E-state index in [-0.39, 0.29) is 29.1 Å². The third-order valence-electron chi connectivity index (χ3n) is 2.96. The maximum atomic E-state index is 14.5. The number of amides is 1. The molecule has 1 aliphatic heterocycles. The summed E-state index contributed by atoms with van der Waals surface area (Å²) in [5, 5.41) is 0. The van der Waals surface area contributed by atoms with Gasteiger partial charge in [-0.15, -0.1) is 0 Å². The van der Waals surface area contributed by atoms with E-state index in [0.29, 0.717) is 0 Å². The highest BCUT2D eigenvalue weighted by Gasteiger charge is 2.32. The minimum atomic E-state index is -1.85. The average molecular weight is 461 g/mol. The van der Waals surface area contributed by atoms with Gasteiger partial charge in [-0.2, -0.15) is 0 Å². The van der Waals surface area contributed by atoms with Crippen LogP contribution in [0.5, 0.6) is 5.75 Å². The van der Waals surface area contributed by atoms with Gasteiger partial charge in [0, 0.05) is 0 Å². The Hall–Kier alpha value is -1.93. The third-order valence-corrected chi connectivity index (χ3v) is 4.69. The zero-order chi connectivity index (χ0) is 21.0. The first-order chi connectivity index (χ1) is 13.0. The summed E-state index contributed by atoms with van der Waals surface area (Å²) in [6, 6.07) is 3.02. The van der Waals surface area contributed by atoms with Crippen LogP contribution >= 0.6 is 15.9 Å². The van der Waals surface area contributed by atoms with Crippen molar-refractivity contribution in [1.82, 2.24) is 4.72 Å². The lowest BCUT2D eigenvalue weighted by atomic mass is 10.2. The summed E-state index contributed by atoms with van der Waals surface area (Å²) in [5.74, 6) is -0.931. The highest BCUT2D eigenvalue weighted by molar-refractivity contribution is 9.10. The number of halogens is 2. The molecule has 0 saturated carbocycles. The van der Waals surface area contributed by atoms with Crippen LogP contribution in [-0.4, -0.2) is 23.3 Å². The average Bonchev–Trinajstić information content (AvgIpc) is 3.02. The molecule has 1 heterocycles. The van der Waals surface area contributed by atoms with Crippen molar-refractivity contribution in [2.75, 3.05) is 17.5 Å². The number of nitrogens with zero attached hydrogens (tertiary/aromatic N) is 1. The van der Waals surface area contributed by atoms with E-state index >= 15 is 0 Å². The van der Waals surface area contributed by atoms with Gasteiger partial charge in [0.1, 0.15) is 24.6 Å². The van der Waals surface area contributed by atoms with Crippen LogP contribution in [0.1, 0.15) is 27.7 Å². The molecule has 0 spiro atoms. The lowest BCUT2D eigenvalue weighted by Crippen LogP contribution is -2.24. The van der Waals surface area contributed by atoms with Crippen molar-refractivity contribution in [3.8, 4) is 5.75 Å². The van der Waals surface area contributed by atoms with Crippen molar-refractivity contribution in [3.05, 3.63) is 59.4 Å². The zero-order valence-corrected chi connectivity index (χ0v) is 18.5. The van der Waals surface area contributed by atoms with Crippen molar-refractivity contribution in [1.29, 1.82) is 0 Å². The fraction of sp³-hybridized carbons (Fsp3) is 0.316. The number of hydrogen-bond donors (Lipinski definition) is 1. The van der Waals surface area contributed by atoms with E-state index < -0.39 is 22.9 Å². The van der Waals surface area contributed by atoms with Crippen molar-refractivity contribution in [2.45, 2.75) is 27.7 Å². The minimum Gasteiger partial charge on any atom is -0.487 e. The van der Waals surface area contributed by atoms with E-state index in [9.17, 15) is 13.4 Å². The van der Waals surface area contributed by atoms with E-state index in [1.54, 1.807) is 18.2 Å². The lowest BCUT2D eigenvalue weighted by molar-refractivity contribution is -0.117. The minimum absolute atomic E-state index is 0.0435. The van der Waals surface area contributed by atoms with Crippen molar-refractivity contribution in [2.24, 2.45) is 0 Å². The predicted octanol–water partition coefficient (Wildman–Crippen LogP) is 4.83. The second kappa shape index (κ2) is 13.3. The van der Waals surface area contributed by atoms with Crippen molar-refractivity contribution < 1.29 is 18.1 Å². The molecule has 27 heavy (non-hydrogen) atoms. The number of hydrogen-bond acceptors (Lipinski definition) is 3. The zero-order valence-electron chi connectivity index (χ0n) is 16.1. The summed E-state index contributed by atoms with van der Waals surface area (Å²) in [6.07, 6.45) is 4.89. The van der Waals surface area contributed by atoms with Gasteiger partial charge >= 0.3 is 0 Å². The molecule has 1 N–H and O–H groups in total. The molecule has 1 aromatic carbocycles. The van der Waals surface area contributed by atoms with Gasteiger partial charge in [0.05, 0.1) is 4.47 Å². The first kappa shape index (κ1) is 25.1. The summed E-state index contributed by atoms with van der Waals surface area (Å²) in [7, 11) is 0. The number of carbonyl (C=O) groups is 1. The first-order valence-electron chi connectivity index (χ1n) is 8.51. The van der Waals surface area contributed by atoms with Crippen LogP contribution in [0.3, 0.4) is 0 Å². The molecule has 1 unspecified atom stereocenters. The van der Waals surface area contributed by atoms with Crippen LogP contribution in [0.2, 0.25) is 0 Å². The fourth-order valence-electron chi connectivity index (χ4n) is 1.89. The SMILES string of the molecule is C=C/C=C(\C=C)COc1ccc(Br)c(F)c1N1CC(=O)NS1=O.CC.CC. The number of ether oxygens (including phenoxy) is 1. The predicted molar refractivity (Wildman–Crippen MR) is 114 cm³/mol. The highest BCUT2D eigenvalue weighted by Crippen LogP contribution is 2.37. The Kier molecular flexibility index (Phi) is 12.3. The Morgan fingerprint density at radius 1 is 1.37 bits per heavy atom. The van der Waals surface area contributed by atoms with Crippen molar-refractivity contribution >= 4 is 38.7 Å². The number of allylic oxidation sites excluding steroid dienone is 2. The van der Waals surface area contributed by atoms with E-state index in [2.05, 4.69) is 33.8 Å². The standard InChI is InChI=1S/C15H14BrFN2O3S.2C2H6/c1-3-5-10(4-2)9-22-12-7-6-11(16)14(17)15(12)19-8-13(20)18-23(19)21;2*1-2/h3-7H,1-2,8-9H2,(H,18,20);2*1-2H3/b10-5+;;. The quantitative estimate of drug-likeness (QED) is 0.618. The van der Waals surface area contributed by atoms with E-state index in [1.165, 1.54) is 12.1 Å². The molecule has 0 radical (unpaired) electrons. The second-order valence-corrected chi connectivity index (χ2v) is 6.49. The molecule has 1 aliphatic rings. The molecule has 2 rings (SSSR count). The lowest BCUT2D eigenvalue weighted by Gasteiger charge is -2.19. The maximum Gasteiger partial charge on any atom is 0.253 e. The van der Waals surface area contributed by atoms with E-state index in [4.69, 9.17) is 4.74 Å². The van der Waals surface area contributed by atoms with Gasteiger partial charge in [-0.3, -0.25) is 13.8 Å².